The zero-order valence-corrected chi connectivity index (χ0v) is 17.0. The third kappa shape index (κ3) is 4.00. The van der Waals surface area contributed by atoms with Gasteiger partial charge < -0.3 is 4.57 Å². The van der Waals surface area contributed by atoms with Crippen molar-refractivity contribution in [2.75, 3.05) is 0 Å². The minimum Gasteiger partial charge on any atom is -0.305 e. The molecule has 0 atom stereocenters. The van der Waals surface area contributed by atoms with Gasteiger partial charge in [-0.05, 0) is 37.4 Å². The van der Waals surface area contributed by atoms with Crippen LogP contribution in [0.1, 0.15) is 19.4 Å². The second-order valence-corrected chi connectivity index (χ2v) is 7.26. The number of hydrogen-bond donors (Lipinski definition) is 0. The molecule has 0 aliphatic carbocycles. The summed E-state index contributed by atoms with van der Waals surface area (Å²) in [6.07, 6.45) is 2.20. The van der Waals surface area contributed by atoms with Crippen molar-refractivity contribution in [1.82, 2.24) is 18.7 Å². The molecule has 0 aliphatic heterocycles. The van der Waals surface area contributed by atoms with Crippen LogP contribution in [0.5, 0.6) is 0 Å². The fourth-order valence-electron chi connectivity index (χ4n) is 3.05. The standard InChI is InChI=1S/C19H20ClN5O4/c1-12(2)7-9-23-15-16(21-18(23)20)22(3)19(27)24(17(15)26)10-8-13-5-4-6-14(11-13)25(28)29/h4-7,11H,8-10H2,1-3H3. The van der Waals surface area contributed by atoms with Gasteiger partial charge in [0.1, 0.15) is 0 Å². The summed E-state index contributed by atoms with van der Waals surface area (Å²) >= 11 is 6.21. The second-order valence-electron chi connectivity index (χ2n) is 6.92. The molecule has 0 aliphatic rings. The fourth-order valence-corrected chi connectivity index (χ4v) is 3.28. The van der Waals surface area contributed by atoms with Gasteiger partial charge in [0.15, 0.2) is 11.2 Å². The van der Waals surface area contributed by atoms with E-state index < -0.39 is 16.2 Å². The largest absolute Gasteiger partial charge is 0.332 e. The number of aromatic nitrogens is 4. The van der Waals surface area contributed by atoms with Crippen LogP contribution in [0.3, 0.4) is 0 Å². The molecule has 3 aromatic rings. The maximum atomic E-state index is 13.1. The summed E-state index contributed by atoms with van der Waals surface area (Å²) in [5.74, 6) is 0. The van der Waals surface area contributed by atoms with E-state index in [0.717, 1.165) is 10.1 Å². The lowest BCUT2D eigenvalue weighted by atomic mass is 10.1. The zero-order valence-electron chi connectivity index (χ0n) is 16.3. The smallest absolute Gasteiger partial charge is 0.305 e. The normalized spacial score (nSPS) is 11.0. The van der Waals surface area contributed by atoms with E-state index in [1.165, 1.54) is 23.7 Å². The first-order valence-corrected chi connectivity index (χ1v) is 9.30. The summed E-state index contributed by atoms with van der Waals surface area (Å²) in [6, 6.07) is 6.12. The molecule has 152 valence electrons. The first kappa shape index (κ1) is 20.5. The molecule has 0 amide bonds. The van der Waals surface area contributed by atoms with E-state index in [-0.39, 0.29) is 35.1 Å². The van der Waals surface area contributed by atoms with E-state index >= 15 is 0 Å². The number of benzene rings is 1. The molecule has 0 spiro atoms. The molecular weight excluding hydrogens is 398 g/mol. The molecule has 0 saturated carbocycles. The number of nitro benzene ring substituents is 1. The van der Waals surface area contributed by atoms with Crippen molar-refractivity contribution >= 4 is 28.5 Å². The summed E-state index contributed by atoms with van der Waals surface area (Å²) in [5, 5.41) is 11.1. The van der Waals surface area contributed by atoms with Gasteiger partial charge >= 0.3 is 5.69 Å². The number of imidazole rings is 1. The minimum atomic E-state index is -0.517. The summed E-state index contributed by atoms with van der Waals surface area (Å²) in [5.41, 5.74) is 1.13. The van der Waals surface area contributed by atoms with Crippen LogP contribution in [0, 0.1) is 10.1 Å². The first-order valence-electron chi connectivity index (χ1n) is 8.93. The van der Waals surface area contributed by atoms with Crippen LogP contribution < -0.4 is 11.2 Å². The van der Waals surface area contributed by atoms with Gasteiger partial charge in [-0.1, -0.05) is 23.8 Å². The van der Waals surface area contributed by atoms with Crippen molar-refractivity contribution < 1.29 is 4.92 Å². The van der Waals surface area contributed by atoms with Gasteiger partial charge in [-0.2, -0.15) is 4.98 Å². The van der Waals surface area contributed by atoms with Gasteiger partial charge in [-0.25, -0.2) is 4.79 Å². The van der Waals surface area contributed by atoms with Crippen LogP contribution in [0.25, 0.3) is 11.2 Å². The maximum absolute atomic E-state index is 13.1. The highest BCUT2D eigenvalue weighted by atomic mass is 35.5. The Bertz CT molecular complexity index is 1250. The third-order valence-electron chi connectivity index (χ3n) is 4.61. The molecule has 2 heterocycles. The second kappa shape index (κ2) is 8.04. The minimum absolute atomic E-state index is 0.0372. The van der Waals surface area contributed by atoms with Crippen LogP contribution in [-0.2, 0) is 26.6 Å². The Morgan fingerprint density at radius 3 is 2.66 bits per heavy atom. The average Bonchev–Trinajstić information content (AvgIpc) is 3.01. The lowest BCUT2D eigenvalue weighted by Crippen LogP contribution is -2.40. The Balaban J connectivity index is 2.06. The lowest BCUT2D eigenvalue weighted by molar-refractivity contribution is -0.384. The number of nitro groups is 1. The summed E-state index contributed by atoms with van der Waals surface area (Å²) < 4.78 is 3.96. The quantitative estimate of drug-likeness (QED) is 0.265. The van der Waals surface area contributed by atoms with Gasteiger partial charge in [-0.15, -0.1) is 0 Å². The maximum Gasteiger partial charge on any atom is 0.332 e. The van der Waals surface area contributed by atoms with Crippen molar-refractivity contribution in [2.24, 2.45) is 7.05 Å². The summed E-state index contributed by atoms with van der Waals surface area (Å²) in [7, 11) is 1.53. The van der Waals surface area contributed by atoms with Crippen LogP contribution in [-0.4, -0.2) is 23.6 Å². The number of aryl methyl sites for hydroxylation is 2. The number of allylic oxidation sites excluding steroid dienone is 2. The molecule has 10 heteroatoms. The van der Waals surface area contributed by atoms with E-state index in [2.05, 4.69) is 4.98 Å². The molecule has 9 nitrogen and oxygen atoms in total. The van der Waals surface area contributed by atoms with E-state index in [1.807, 2.05) is 19.9 Å². The van der Waals surface area contributed by atoms with Crippen LogP contribution >= 0.6 is 11.6 Å². The molecule has 0 N–H and O–H groups in total. The average molecular weight is 418 g/mol. The summed E-state index contributed by atoms with van der Waals surface area (Å²) in [4.78, 5) is 40.4. The molecule has 0 unspecified atom stereocenters. The number of halogens is 1. The molecule has 2 aromatic heterocycles. The van der Waals surface area contributed by atoms with Gasteiger partial charge in [0.25, 0.3) is 11.2 Å². The van der Waals surface area contributed by atoms with E-state index in [0.29, 0.717) is 12.1 Å². The van der Waals surface area contributed by atoms with Crippen molar-refractivity contribution in [1.29, 1.82) is 0 Å². The van der Waals surface area contributed by atoms with Gasteiger partial charge in [0.05, 0.1) is 4.92 Å². The SMILES string of the molecule is CC(C)=CCn1c(Cl)nc2c1c(=O)n(CCc1cccc([N+](=O)[O-])c1)c(=O)n2C. The van der Waals surface area contributed by atoms with Crippen LogP contribution in [0.2, 0.25) is 5.28 Å². The highest BCUT2D eigenvalue weighted by Crippen LogP contribution is 2.17. The van der Waals surface area contributed by atoms with Crippen molar-refractivity contribution in [2.45, 2.75) is 33.4 Å². The predicted octanol–water partition coefficient (Wildman–Crippen LogP) is 2.67. The predicted molar refractivity (Wildman–Crippen MR) is 110 cm³/mol. The zero-order chi connectivity index (χ0) is 21.3. The lowest BCUT2D eigenvalue weighted by Gasteiger charge is -2.09. The van der Waals surface area contributed by atoms with Crippen molar-refractivity contribution in [3.63, 3.8) is 0 Å². The number of rotatable bonds is 6. The monoisotopic (exact) mass is 417 g/mol. The van der Waals surface area contributed by atoms with Crippen molar-refractivity contribution in [3.8, 4) is 0 Å². The van der Waals surface area contributed by atoms with Gasteiger partial charge in [-0.3, -0.25) is 24.0 Å². The highest BCUT2D eigenvalue weighted by molar-refractivity contribution is 6.29. The molecule has 29 heavy (non-hydrogen) atoms. The number of nitrogens with zero attached hydrogens (tertiary/aromatic N) is 5. The number of fused-ring (bicyclic) bond motifs is 1. The molecule has 0 bridgehead atoms. The Labute approximate surface area is 170 Å². The molecule has 3 rings (SSSR count). The number of hydrogen-bond acceptors (Lipinski definition) is 5. The van der Waals surface area contributed by atoms with Crippen LogP contribution in [0.4, 0.5) is 5.69 Å². The molecule has 0 fully saturated rings. The topological polar surface area (TPSA) is 105 Å². The van der Waals surface area contributed by atoms with E-state index in [4.69, 9.17) is 11.6 Å². The third-order valence-corrected chi connectivity index (χ3v) is 4.90. The number of non-ortho nitro benzene ring substituents is 1. The molecular formula is C19H20ClN5O4. The highest BCUT2D eigenvalue weighted by Gasteiger charge is 2.19. The Morgan fingerprint density at radius 1 is 1.28 bits per heavy atom. The molecule has 1 aromatic carbocycles. The Hall–Kier alpha value is -3.20. The Kier molecular flexibility index (Phi) is 5.69. The first-order chi connectivity index (χ1) is 13.7. The van der Waals surface area contributed by atoms with Gasteiger partial charge in [0, 0.05) is 32.3 Å². The van der Waals surface area contributed by atoms with E-state index in [9.17, 15) is 19.7 Å². The molecule has 0 saturated heterocycles. The van der Waals surface area contributed by atoms with Gasteiger partial charge in [0.2, 0.25) is 5.28 Å². The summed E-state index contributed by atoms with van der Waals surface area (Å²) in [6.45, 7) is 4.30. The van der Waals surface area contributed by atoms with Crippen molar-refractivity contribution in [3.05, 3.63) is 77.7 Å². The van der Waals surface area contributed by atoms with Crippen LogP contribution in [0.15, 0.2) is 45.5 Å². The fraction of sp³-hybridized carbons (Fsp3) is 0.316. The van der Waals surface area contributed by atoms with E-state index in [1.54, 1.807) is 16.7 Å². The Morgan fingerprint density at radius 2 is 2.00 bits per heavy atom. The molecule has 0 radical (unpaired) electrons.